The van der Waals surface area contributed by atoms with E-state index in [2.05, 4.69) is 33.0 Å². The first-order chi connectivity index (χ1) is 10.6. The van der Waals surface area contributed by atoms with Crippen LogP contribution >= 0.6 is 0 Å². The molecule has 0 bridgehead atoms. The molecule has 0 N–H and O–H groups in total. The predicted octanol–water partition coefficient (Wildman–Crippen LogP) is 2.29. The highest BCUT2D eigenvalue weighted by Crippen LogP contribution is 2.40. The van der Waals surface area contributed by atoms with Crippen molar-refractivity contribution in [3.63, 3.8) is 0 Å². The Morgan fingerprint density at radius 3 is 2.73 bits per heavy atom. The van der Waals surface area contributed by atoms with Gasteiger partial charge >= 0.3 is 0 Å². The van der Waals surface area contributed by atoms with Gasteiger partial charge in [0.25, 0.3) is 0 Å². The van der Waals surface area contributed by atoms with Crippen LogP contribution in [0.3, 0.4) is 0 Å². The lowest BCUT2D eigenvalue weighted by molar-refractivity contribution is -0.131. The Hall–Kier alpha value is -1.41. The zero-order valence-electron chi connectivity index (χ0n) is 13.6. The summed E-state index contributed by atoms with van der Waals surface area (Å²) in [6, 6.07) is 0. The van der Waals surface area contributed by atoms with Crippen molar-refractivity contribution in [2.45, 2.75) is 50.6 Å². The number of hydrogen-bond donors (Lipinski definition) is 0. The number of hydrogen-bond acceptors (Lipinski definition) is 4. The Morgan fingerprint density at radius 2 is 2.05 bits per heavy atom. The van der Waals surface area contributed by atoms with Crippen LogP contribution in [0.25, 0.3) is 0 Å². The first kappa shape index (κ1) is 15.5. The van der Waals surface area contributed by atoms with E-state index in [0.29, 0.717) is 18.3 Å². The van der Waals surface area contributed by atoms with Crippen LogP contribution in [0.2, 0.25) is 0 Å². The topological polar surface area (TPSA) is 48.3 Å². The van der Waals surface area contributed by atoms with Crippen LogP contribution in [0.5, 0.6) is 0 Å². The van der Waals surface area contributed by atoms with Crippen molar-refractivity contribution in [1.29, 1.82) is 0 Å². The molecule has 1 unspecified atom stereocenters. The average molecular weight is 302 g/mol. The second-order valence-electron chi connectivity index (χ2n) is 7.29. The minimum Gasteiger partial charge on any atom is -0.342 e. The molecule has 2 fully saturated rings. The Morgan fingerprint density at radius 1 is 1.23 bits per heavy atom. The van der Waals surface area contributed by atoms with E-state index in [-0.39, 0.29) is 11.6 Å². The van der Waals surface area contributed by atoms with Gasteiger partial charge in [-0.3, -0.25) is 4.79 Å². The second-order valence-corrected chi connectivity index (χ2v) is 7.29. The van der Waals surface area contributed by atoms with Gasteiger partial charge in [-0.15, -0.1) is 12.3 Å². The maximum absolute atomic E-state index is 12.5. The lowest BCUT2D eigenvalue weighted by Gasteiger charge is -2.38. The SMILES string of the molecule is C#CCCC1(CCC(=O)N2CCC3(CCCN(C)C3)C2)N=N1. The molecule has 0 aliphatic carbocycles. The van der Waals surface area contributed by atoms with E-state index in [0.717, 1.165) is 38.9 Å². The summed E-state index contributed by atoms with van der Waals surface area (Å²) in [5, 5.41) is 8.23. The molecule has 0 aromatic carbocycles. The highest BCUT2D eigenvalue weighted by molar-refractivity contribution is 5.76. The van der Waals surface area contributed by atoms with Gasteiger partial charge in [-0.1, -0.05) is 0 Å². The summed E-state index contributed by atoms with van der Waals surface area (Å²) in [6.45, 7) is 4.17. The molecule has 0 radical (unpaired) electrons. The van der Waals surface area contributed by atoms with E-state index in [1.165, 1.54) is 19.4 Å². The van der Waals surface area contributed by atoms with E-state index in [4.69, 9.17) is 6.42 Å². The number of piperidine rings is 1. The molecule has 22 heavy (non-hydrogen) atoms. The van der Waals surface area contributed by atoms with E-state index in [9.17, 15) is 4.79 Å². The summed E-state index contributed by atoms with van der Waals surface area (Å²) in [5.41, 5.74) is 0.0165. The van der Waals surface area contributed by atoms with Gasteiger partial charge in [-0.05, 0) is 32.9 Å². The van der Waals surface area contributed by atoms with Crippen LogP contribution in [-0.2, 0) is 4.79 Å². The largest absolute Gasteiger partial charge is 0.342 e. The fraction of sp³-hybridized carbons (Fsp3) is 0.824. The predicted molar refractivity (Wildman–Crippen MR) is 85.2 cm³/mol. The van der Waals surface area contributed by atoms with Crippen molar-refractivity contribution in [2.24, 2.45) is 15.6 Å². The number of amides is 1. The molecule has 3 heterocycles. The number of carbonyl (C=O) groups excluding carboxylic acids is 1. The number of carbonyl (C=O) groups is 1. The molecule has 1 amide bonds. The van der Waals surface area contributed by atoms with Crippen molar-refractivity contribution in [2.75, 3.05) is 33.2 Å². The zero-order valence-corrected chi connectivity index (χ0v) is 13.6. The minimum absolute atomic E-state index is 0.266. The first-order valence-corrected chi connectivity index (χ1v) is 8.40. The van der Waals surface area contributed by atoms with E-state index in [1.54, 1.807) is 0 Å². The zero-order chi connectivity index (χ0) is 15.6. The van der Waals surface area contributed by atoms with Crippen molar-refractivity contribution in [1.82, 2.24) is 9.80 Å². The van der Waals surface area contributed by atoms with Crippen LogP contribution < -0.4 is 0 Å². The van der Waals surface area contributed by atoms with E-state index < -0.39 is 0 Å². The Kier molecular flexibility index (Phi) is 4.22. The summed E-state index contributed by atoms with van der Waals surface area (Å²) in [6.07, 6.45) is 11.7. The summed E-state index contributed by atoms with van der Waals surface area (Å²) < 4.78 is 0. The maximum Gasteiger partial charge on any atom is 0.222 e. The van der Waals surface area contributed by atoms with Crippen molar-refractivity contribution < 1.29 is 4.79 Å². The van der Waals surface area contributed by atoms with Gasteiger partial charge in [-0.2, -0.15) is 10.2 Å². The molecule has 5 heteroatoms. The second kappa shape index (κ2) is 6.00. The van der Waals surface area contributed by atoms with Gasteiger partial charge in [0.1, 0.15) is 0 Å². The van der Waals surface area contributed by atoms with E-state index in [1.807, 2.05) is 0 Å². The Labute approximate surface area is 133 Å². The van der Waals surface area contributed by atoms with Crippen LogP contribution in [0, 0.1) is 17.8 Å². The lowest BCUT2D eigenvalue weighted by Crippen LogP contribution is -2.43. The van der Waals surface area contributed by atoms with Crippen LogP contribution in [-0.4, -0.2) is 54.6 Å². The number of rotatable bonds is 5. The van der Waals surface area contributed by atoms with Crippen LogP contribution in [0.4, 0.5) is 0 Å². The third-order valence-corrected chi connectivity index (χ3v) is 5.44. The molecule has 1 spiro atoms. The molecule has 2 saturated heterocycles. The molecule has 0 saturated carbocycles. The molecule has 3 aliphatic rings. The van der Waals surface area contributed by atoms with Crippen LogP contribution in [0.1, 0.15) is 44.9 Å². The maximum atomic E-state index is 12.5. The molecule has 1 atom stereocenters. The van der Waals surface area contributed by atoms with Gasteiger partial charge in [-0.25, -0.2) is 0 Å². The molecule has 3 rings (SSSR count). The minimum atomic E-state index is -0.329. The van der Waals surface area contributed by atoms with Crippen molar-refractivity contribution >= 4 is 5.91 Å². The van der Waals surface area contributed by atoms with Gasteiger partial charge in [0.15, 0.2) is 5.66 Å². The lowest BCUT2D eigenvalue weighted by atomic mass is 9.79. The number of terminal acetylenes is 1. The van der Waals surface area contributed by atoms with Gasteiger partial charge in [0, 0.05) is 50.7 Å². The van der Waals surface area contributed by atoms with E-state index >= 15 is 0 Å². The number of nitrogens with zero attached hydrogens (tertiary/aromatic N) is 4. The average Bonchev–Trinajstić information content (AvgIpc) is 3.17. The van der Waals surface area contributed by atoms with Gasteiger partial charge in [0.05, 0.1) is 0 Å². The molecule has 3 aliphatic heterocycles. The molecule has 0 aromatic heterocycles. The van der Waals surface area contributed by atoms with Gasteiger partial charge < -0.3 is 9.80 Å². The standard InChI is InChI=1S/C17H26N4O/c1-3-4-8-17(18-19-17)9-6-15(22)21-12-10-16(14-21)7-5-11-20(2)13-16/h1H,4-14H2,2H3. The molecule has 120 valence electrons. The third kappa shape index (κ3) is 3.33. The number of likely N-dealkylation sites (tertiary alicyclic amines) is 2. The molecular formula is C17H26N4O. The normalized spacial score (nSPS) is 29.7. The molecule has 0 aromatic rings. The highest BCUT2D eigenvalue weighted by atomic mass is 16.2. The quantitative estimate of drug-likeness (QED) is 0.732. The Bertz CT molecular complexity index is 503. The summed E-state index contributed by atoms with van der Waals surface area (Å²) in [4.78, 5) is 17.0. The summed E-state index contributed by atoms with van der Waals surface area (Å²) in [7, 11) is 2.19. The summed E-state index contributed by atoms with van der Waals surface area (Å²) in [5.74, 6) is 2.90. The van der Waals surface area contributed by atoms with Crippen molar-refractivity contribution in [3.05, 3.63) is 0 Å². The highest BCUT2D eigenvalue weighted by Gasteiger charge is 2.43. The first-order valence-electron chi connectivity index (χ1n) is 8.40. The van der Waals surface area contributed by atoms with Crippen molar-refractivity contribution in [3.8, 4) is 12.3 Å². The fourth-order valence-corrected chi connectivity index (χ4v) is 4.07. The molecule has 5 nitrogen and oxygen atoms in total. The monoisotopic (exact) mass is 302 g/mol. The fourth-order valence-electron chi connectivity index (χ4n) is 4.07. The van der Waals surface area contributed by atoms with Gasteiger partial charge in [0.2, 0.25) is 5.91 Å². The summed E-state index contributed by atoms with van der Waals surface area (Å²) >= 11 is 0. The Balaban J connectivity index is 1.47. The smallest absolute Gasteiger partial charge is 0.222 e. The molecular weight excluding hydrogens is 276 g/mol. The third-order valence-electron chi connectivity index (χ3n) is 5.44. The van der Waals surface area contributed by atoms with Crippen LogP contribution in [0.15, 0.2) is 10.2 Å².